The quantitative estimate of drug-likeness (QED) is 0.776. The van der Waals surface area contributed by atoms with Crippen molar-refractivity contribution in [3.05, 3.63) is 42.0 Å². The van der Waals surface area contributed by atoms with Crippen LogP contribution in [0.15, 0.2) is 30.7 Å². The highest BCUT2D eigenvalue weighted by atomic mass is 15.2. The Balaban J connectivity index is 2.08. The smallest absolute Gasteiger partial charge is 0.203 e. The summed E-state index contributed by atoms with van der Waals surface area (Å²) in [6.07, 6.45) is 9.06. The van der Waals surface area contributed by atoms with Gasteiger partial charge in [0.2, 0.25) is 5.95 Å². The predicted molar refractivity (Wildman–Crippen MR) is 78.3 cm³/mol. The lowest BCUT2D eigenvalue weighted by molar-refractivity contribution is 0.751. The molecule has 2 aromatic rings. The van der Waals surface area contributed by atoms with Crippen molar-refractivity contribution in [2.75, 3.05) is 11.9 Å². The Hall–Kier alpha value is -1.84. The van der Waals surface area contributed by atoms with Crippen LogP contribution >= 0.6 is 0 Å². The Morgan fingerprint density at radius 3 is 2.89 bits per heavy atom. The number of aromatic nitrogens is 3. The first-order chi connectivity index (χ1) is 9.35. The number of aryl methyl sites for hydroxylation is 1. The molecule has 2 aromatic heterocycles. The lowest BCUT2D eigenvalue weighted by Gasteiger charge is -2.11. The zero-order chi connectivity index (χ0) is 13.5. The molecule has 4 nitrogen and oxygen atoms in total. The van der Waals surface area contributed by atoms with Crippen LogP contribution in [0.3, 0.4) is 0 Å². The SMILES string of the molecule is CCCCNc1nccn1Cc1ncccc1CC. The molecule has 2 heterocycles. The molecule has 0 fully saturated rings. The van der Waals surface area contributed by atoms with Crippen LogP contribution in [0.2, 0.25) is 0 Å². The minimum atomic E-state index is 0.776. The molecule has 0 unspecified atom stereocenters. The molecule has 0 saturated heterocycles. The second kappa shape index (κ2) is 6.92. The van der Waals surface area contributed by atoms with Crippen LogP contribution in [0.4, 0.5) is 5.95 Å². The summed E-state index contributed by atoms with van der Waals surface area (Å²) in [6, 6.07) is 4.14. The fourth-order valence-electron chi connectivity index (χ4n) is 2.08. The monoisotopic (exact) mass is 258 g/mol. The maximum absolute atomic E-state index is 4.49. The van der Waals surface area contributed by atoms with Crippen LogP contribution in [0.1, 0.15) is 37.9 Å². The van der Waals surface area contributed by atoms with Gasteiger partial charge in [0.15, 0.2) is 0 Å². The van der Waals surface area contributed by atoms with E-state index in [4.69, 9.17) is 0 Å². The van der Waals surface area contributed by atoms with Crippen molar-refractivity contribution in [2.45, 2.75) is 39.7 Å². The summed E-state index contributed by atoms with van der Waals surface area (Å²) in [5.74, 6) is 0.932. The largest absolute Gasteiger partial charge is 0.356 e. The second-order valence-corrected chi connectivity index (χ2v) is 4.62. The van der Waals surface area contributed by atoms with E-state index in [2.05, 4.69) is 39.8 Å². The number of pyridine rings is 1. The fourth-order valence-corrected chi connectivity index (χ4v) is 2.08. The van der Waals surface area contributed by atoms with Gasteiger partial charge in [0.25, 0.3) is 0 Å². The molecule has 2 rings (SSSR count). The zero-order valence-corrected chi connectivity index (χ0v) is 11.8. The Bertz CT molecular complexity index is 504. The molecule has 0 aromatic carbocycles. The van der Waals surface area contributed by atoms with Crippen molar-refractivity contribution >= 4 is 5.95 Å². The van der Waals surface area contributed by atoms with Crippen molar-refractivity contribution in [1.82, 2.24) is 14.5 Å². The minimum Gasteiger partial charge on any atom is -0.356 e. The minimum absolute atomic E-state index is 0.776. The summed E-state index contributed by atoms with van der Waals surface area (Å²) in [5, 5.41) is 3.38. The third-order valence-corrected chi connectivity index (χ3v) is 3.21. The topological polar surface area (TPSA) is 42.7 Å². The van der Waals surface area contributed by atoms with E-state index in [9.17, 15) is 0 Å². The van der Waals surface area contributed by atoms with Crippen LogP contribution in [0, 0.1) is 0 Å². The van der Waals surface area contributed by atoms with E-state index in [1.54, 1.807) is 0 Å². The van der Waals surface area contributed by atoms with E-state index in [1.807, 2.05) is 24.7 Å². The molecular formula is C15H22N4. The summed E-state index contributed by atoms with van der Waals surface area (Å²) in [6.45, 7) is 6.10. The Labute approximate surface area is 114 Å². The summed E-state index contributed by atoms with van der Waals surface area (Å²) in [5.41, 5.74) is 2.43. The third kappa shape index (κ3) is 3.56. The summed E-state index contributed by atoms with van der Waals surface area (Å²) in [7, 11) is 0. The van der Waals surface area contributed by atoms with Gasteiger partial charge in [-0.1, -0.05) is 26.3 Å². The molecule has 0 bridgehead atoms. The van der Waals surface area contributed by atoms with Crippen LogP contribution in [-0.2, 0) is 13.0 Å². The molecule has 0 aliphatic carbocycles. The van der Waals surface area contributed by atoms with Gasteiger partial charge < -0.3 is 9.88 Å². The lowest BCUT2D eigenvalue weighted by Crippen LogP contribution is -2.11. The summed E-state index contributed by atoms with van der Waals surface area (Å²) >= 11 is 0. The van der Waals surface area contributed by atoms with Gasteiger partial charge in [-0.2, -0.15) is 0 Å². The Morgan fingerprint density at radius 1 is 1.21 bits per heavy atom. The van der Waals surface area contributed by atoms with Crippen molar-refractivity contribution in [2.24, 2.45) is 0 Å². The van der Waals surface area contributed by atoms with Crippen LogP contribution in [-0.4, -0.2) is 21.1 Å². The molecule has 0 atom stereocenters. The maximum Gasteiger partial charge on any atom is 0.203 e. The fraction of sp³-hybridized carbons (Fsp3) is 0.467. The van der Waals surface area contributed by atoms with Gasteiger partial charge in [-0.25, -0.2) is 4.98 Å². The number of imidazole rings is 1. The number of nitrogens with one attached hydrogen (secondary N) is 1. The van der Waals surface area contributed by atoms with E-state index in [0.717, 1.165) is 37.6 Å². The highest BCUT2D eigenvalue weighted by Crippen LogP contribution is 2.12. The Morgan fingerprint density at radius 2 is 2.11 bits per heavy atom. The first-order valence-electron chi connectivity index (χ1n) is 7.03. The van der Waals surface area contributed by atoms with Crippen LogP contribution in [0.5, 0.6) is 0 Å². The number of anilines is 1. The standard InChI is InChI=1S/C15H22N4/c1-3-5-8-17-15-18-10-11-19(15)12-14-13(4-2)7-6-9-16-14/h6-7,9-11H,3-5,8,12H2,1-2H3,(H,17,18). The molecule has 1 N–H and O–H groups in total. The zero-order valence-electron chi connectivity index (χ0n) is 11.8. The number of hydrogen-bond acceptors (Lipinski definition) is 3. The lowest BCUT2D eigenvalue weighted by atomic mass is 10.1. The van der Waals surface area contributed by atoms with Crippen molar-refractivity contribution < 1.29 is 0 Å². The third-order valence-electron chi connectivity index (χ3n) is 3.21. The van der Waals surface area contributed by atoms with Crippen LogP contribution in [0.25, 0.3) is 0 Å². The van der Waals surface area contributed by atoms with Gasteiger partial charge in [0, 0.05) is 25.1 Å². The van der Waals surface area contributed by atoms with Crippen LogP contribution < -0.4 is 5.32 Å². The number of unbranched alkanes of at least 4 members (excludes halogenated alkanes) is 1. The highest BCUT2D eigenvalue weighted by molar-refractivity contribution is 5.28. The van der Waals surface area contributed by atoms with Crippen molar-refractivity contribution in [1.29, 1.82) is 0 Å². The normalized spacial score (nSPS) is 10.6. The summed E-state index contributed by atoms with van der Waals surface area (Å²) in [4.78, 5) is 8.85. The average Bonchev–Trinajstić information content (AvgIpc) is 2.87. The second-order valence-electron chi connectivity index (χ2n) is 4.62. The first kappa shape index (κ1) is 13.6. The maximum atomic E-state index is 4.49. The number of hydrogen-bond donors (Lipinski definition) is 1. The molecule has 0 amide bonds. The van der Waals surface area contributed by atoms with Crippen molar-refractivity contribution in [3.8, 4) is 0 Å². The molecule has 19 heavy (non-hydrogen) atoms. The number of nitrogens with zero attached hydrogens (tertiary/aromatic N) is 3. The van der Waals surface area contributed by atoms with E-state index >= 15 is 0 Å². The van der Waals surface area contributed by atoms with E-state index in [0.29, 0.717) is 0 Å². The van der Waals surface area contributed by atoms with Crippen molar-refractivity contribution in [3.63, 3.8) is 0 Å². The number of rotatable bonds is 7. The molecule has 0 radical (unpaired) electrons. The van der Waals surface area contributed by atoms with Gasteiger partial charge in [0.05, 0.1) is 12.2 Å². The van der Waals surface area contributed by atoms with E-state index in [-0.39, 0.29) is 0 Å². The van der Waals surface area contributed by atoms with Gasteiger partial charge in [-0.15, -0.1) is 0 Å². The van der Waals surface area contributed by atoms with Gasteiger partial charge in [-0.05, 0) is 24.5 Å². The highest BCUT2D eigenvalue weighted by Gasteiger charge is 2.06. The van der Waals surface area contributed by atoms with E-state index < -0.39 is 0 Å². The molecule has 0 aliphatic heterocycles. The molecule has 0 spiro atoms. The Kier molecular flexibility index (Phi) is 4.95. The molecule has 0 aliphatic rings. The van der Waals surface area contributed by atoms with Gasteiger partial charge in [-0.3, -0.25) is 4.98 Å². The average molecular weight is 258 g/mol. The van der Waals surface area contributed by atoms with Gasteiger partial charge in [0.1, 0.15) is 0 Å². The molecular weight excluding hydrogens is 236 g/mol. The van der Waals surface area contributed by atoms with E-state index in [1.165, 1.54) is 12.0 Å². The predicted octanol–water partition coefficient (Wildman–Crippen LogP) is 3.10. The molecule has 0 saturated carbocycles. The molecule has 4 heteroatoms. The summed E-state index contributed by atoms with van der Waals surface area (Å²) < 4.78 is 2.12. The molecule has 102 valence electrons. The first-order valence-corrected chi connectivity index (χ1v) is 7.03. The van der Waals surface area contributed by atoms with Gasteiger partial charge >= 0.3 is 0 Å².